The molecule has 21 heavy (non-hydrogen) atoms. The number of aryl methyl sites for hydroxylation is 2. The topological polar surface area (TPSA) is 77.2 Å². The van der Waals surface area contributed by atoms with Gasteiger partial charge in [-0.2, -0.15) is 4.98 Å². The summed E-state index contributed by atoms with van der Waals surface area (Å²) in [6, 6.07) is 0. The number of ether oxygens (including phenoxy) is 1. The summed E-state index contributed by atoms with van der Waals surface area (Å²) >= 11 is 0. The minimum atomic E-state index is 0.196. The molecule has 2 aromatic heterocycles. The van der Waals surface area contributed by atoms with E-state index in [2.05, 4.69) is 25.0 Å². The second-order valence-electron chi connectivity index (χ2n) is 5.33. The fraction of sp³-hybridized carbons (Fsp3) is 0.571. The highest BCUT2D eigenvalue weighted by atomic mass is 16.5. The van der Waals surface area contributed by atoms with Crippen LogP contribution in [0.2, 0.25) is 0 Å². The second-order valence-corrected chi connectivity index (χ2v) is 5.33. The van der Waals surface area contributed by atoms with E-state index < -0.39 is 0 Å². The molecule has 0 aromatic carbocycles. The molecule has 1 aliphatic rings. The lowest BCUT2D eigenvalue weighted by Crippen LogP contribution is -2.38. The van der Waals surface area contributed by atoms with E-state index in [4.69, 9.17) is 9.26 Å². The lowest BCUT2D eigenvalue weighted by molar-refractivity contribution is 0.0867. The molecule has 0 bridgehead atoms. The monoisotopic (exact) mass is 289 g/mol. The highest BCUT2D eigenvalue weighted by Gasteiger charge is 2.22. The van der Waals surface area contributed by atoms with E-state index in [0.29, 0.717) is 24.1 Å². The molecule has 2 aromatic rings. The molecule has 7 nitrogen and oxygen atoms in total. The molecule has 0 radical (unpaired) electrons. The molecule has 1 saturated heterocycles. The van der Waals surface area contributed by atoms with Gasteiger partial charge in [0.05, 0.1) is 18.4 Å². The highest BCUT2D eigenvalue weighted by molar-refractivity contribution is 5.07. The first kappa shape index (κ1) is 13.9. The fourth-order valence-electron chi connectivity index (χ4n) is 2.45. The molecule has 7 heteroatoms. The molecule has 0 N–H and O–H groups in total. The number of likely N-dealkylation sites (tertiary alicyclic amines) is 1. The maximum atomic E-state index is 5.89. The Balaban J connectivity index is 1.48. The summed E-state index contributed by atoms with van der Waals surface area (Å²) in [6.45, 7) is 6.35. The number of hydrogen-bond donors (Lipinski definition) is 0. The van der Waals surface area contributed by atoms with Crippen LogP contribution >= 0.6 is 0 Å². The van der Waals surface area contributed by atoms with Gasteiger partial charge in [-0.05, 0) is 26.7 Å². The lowest BCUT2D eigenvalue weighted by atomic mass is 10.1. The molecule has 0 aliphatic carbocycles. The van der Waals surface area contributed by atoms with E-state index >= 15 is 0 Å². The SMILES string of the molecule is Cc1cncc(OC2CCN(Cc3nc(C)no3)CC2)n1. The third kappa shape index (κ3) is 3.75. The predicted octanol–water partition coefficient (Wildman–Crippen LogP) is 1.52. The lowest BCUT2D eigenvalue weighted by Gasteiger charge is -2.30. The van der Waals surface area contributed by atoms with Crippen molar-refractivity contribution in [3.63, 3.8) is 0 Å². The number of piperidine rings is 1. The number of rotatable bonds is 4. The first-order chi connectivity index (χ1) is 10.2. The summed E-state index contributed by atoms with van der Waals surface area (Å²) in [6.07, 6.45) is 5.51. The number of nitrogens with zero attached hydrogens (tertiary/aromatic N) is 5. The Kier molecular flexibility index (Phi) is 4.10. The van der Waals surface area contributed by atoms with E-state index in [1.165, 1.54) is 0 Å². The molecular weight excluding hydrogens is 270 g/mol. The van der Waals surface area contributed by atoms with Gasteiger partial charge in [-0.15, -0.1) is 0 Å². The van der Waals surface area contributed by atoms with Crippen LogP contribution in [0.1, 0.15) is 30.3 Å². The second kappa shape index (κ2) is 6.17. The first-order valence-electron chi connectivity index (χ1n) is 7.16. The van der Waals surface area contributed by atoms with Crippen molar-refractivity contribution in [2.75, 3.05) is 13.1 Å². The molecule has 0 spiro atoms. The third-order valence-corrected chi connectivity index (χ3v) is 3.48. The van der Waals surface area contributed by atoms with Crippen LogP contribution in [0.25, 0.3) is 0 Å². The first-order valence-corrected chi connectivity index (χ1v) is 7.16. The molecule has 0 amide bonds. The van der Waals surface area contributed by atoms with Crippen molar-refractivity contribution in [3.8, 4) is 5.88 Å². The van der Waals surface area contributed by atoms with Gasteiger partial charge in [0, 0.05) is 19.3 Å². The molecule has 3 heterocycles. The number of aromatic nitrogens is 4. The molecule has 0 saturated carbocycles. The zero-order chi connectivity index (χ0) is 14.7. The number of hydrogen-bond acceptors (Lipinski definition) is 7. The maximum absolute atomic E-state index is 5.89. The van der Waals surface area contributed by atoms with Gasteiger partial charge in [0.2, 0.25) is 11.8 Å². The molecule has 1 aliphatic heterocycles. The van der Waals surface area contributed by atoms with Gasteiger partial charge in [-0.25, -0.2) is 4.98 Å². The third-order valence-electron chi connectivity index (χ3n) is 3.48. The van der Waals surface area contributed by atoms with Gasteiger partial charge in [0.25, 0.3) is 0 Å². The Bertz CT molecular complexity index is 593. The average Bonchev–Trinajstić information content (AvgIpc) is 2.86. The maximum Gasteiger partial charge on any atom is 0.240 e. The molecule has 3 rings (SSSR count). The zero-order valence-corrected chi connectivity index (χ0v) is 12.3. The highest BCUT2D eigenvalue weighted by Crippen LogP contribution is 2.18. The van der Waals surface area contributed by atoms with Gasteiger partial charge in [0.1, 0.15) is 6.10 Å². The Labute approximate surface area is 123 Å². The zero-order valence-electron chi connectivity index (χ0n) is 12.3. The Morgan fingerprint density at radius 2 is 2.05 bits per heavy atom. The Morgan fingerprint density at radius 1 is 1.24 bits per heavy atom. The van der Waals surface area contributed by atoms with Crippen molar-refractivity contribution in [2.24, 2.45) is 0 Å². The van der Waals surface area contributed by atoms with Gasteiger partial charge < -0.3 is 9.26 Å². The molecule has 0 atom stereocenters. The minimum absolute atomic E-state index is 0.196. The van der Waals surface area contributed by atoms with E-state index in [1.54, 1.807) is 12.4 Å². The van der Waals surface area contributed by atoms with E-state index in [0.717, 1.165) is 31.6 Å². The van der Waals surface area contributed by atoms with Crippen LogP contribution in [-0.2, 0) is 6.54 Å². The largest absolute Gasteiger partial charge is 0.473 e. The Hall–Kier alpha value is -2.02. The van der Waals surface area contributed by atoms with Crippen molar-refractivity contribution < 1.29 is 9.26 Å². The predicted molar refractivity (Wildman–Crippen MR) is 74.7 cm³/mol. The van der Waals surface area contributed by atoms with Crippen molar-refractivity contribution in [1.82, 2.24) is 25.0 Å². The van der Waals surface area contributed by atoms with Crippen LogP contribution in [0.5, 0.6) is 5.88 Å². The van der Waals surface area contributed by atoms with Crippen molar-refractivity contribution in [2.45, 2.75) is 39.3 Å². The average molecular weight is 289 g/mol. The van der Waals surface area contributed by atoms with Crippen LogP contribution in [0.4, 0.5) is 0 Å². The van der Waals surface area contributed by atoms with Crippen molar-refractivity contribution >= 4 is 0 Å². The molecular formula is C14H19N5O2. The molecule has 112 valence electrons. The van der Waals surface area contributed by atoms with Crippen LogP contribution in [0, 0.1) is 13.8 Å². The molecule has 1 fully saturated rings. The van der Waals surface area contributed by atoms with Crippen LogP contribution < -0.4 is 4.74 Å². The summed E-state index contributed by atoms with van der Waals surface area (Å²) in [5, 5.41) is 3.81. The van der Waals surface area contributed by atoms with Crippen LogP contribution in [-0.4, -0.2) is 44.2 Å². The van der Waals surface area contributed by atoms with E-state index in [-0.39, 0.29) is 6.10 Å². The van der Waals surface area contributed by atoms with Crippen LogP contribution in [0.15, 0.2) is 16.9 Å². The minimum Gasteiger partial charge on any atom is -0.473 e. The van der Waals surface area contributed by atoms with Crippen LogP contribution in [0.3, 0.4) is 0 Å². The Morgan fingerprint density at radius 3 is 2.71 bits per heavy atom. The normalized spacial score (nSPS) is 17.0. The van der Waals surface area contributed by atoms with E-state index in [1.807, 2.05) is 13.8 Å². The fourth-order valence-corrected chi connectivity index (χ4v) is 2.45. The standard InChI is InChI=1S/C14H19N5O2/c1-10-7-15-8-13(16-10)20-12-3-5-19(6-4-12)9-14-17-11(2)18-21-14/h7-8,12H,3-6,9H2,1-2H3. The summed E-state index contributed by atoms with van der Waals surface area (Å²) in [7, 11) is 0. The van der Waals surface area contributed by atoms with Gasteiger partial charge in [-0.3, -0.25) is 9.88 Å². The summed E-state index contributed by atoms with van der Waals surface area (Å²) in [5.41, 5.74) is 0.872. The van der Waals surface area contributed by atoms with Gasteiger partial charge in [-0.1, -0.05) is 5.16 Å². The quantitative estimate of drug-likeness (QED) is 0.844. The van der Waals surface area contributed by atoms with Crippen molar-refractivity contribution in [3.05, 3.63) is 29.8 Å². The summed E-state index contributed by atoms with van der Waals surface area (Å²) in [4.78, 5) is 15.0. The van der Waals surface area contributed by atoms with Gasteiger partial charge >= 0.3 is 0 Å². The summed E-state index contributed by atoms with van der Waals surface area (Å²) < 4.78 is 11.0. The van der Waals surface area contributed by atoms with E-state index in [9.17, 15) is 0 Å². The van der Waals surface area contributed by atoms with Gasteiger partial charge in [0.15, 0.2) is 5.82 Å². The molecule has 0 unspecified atom stereocenters. The summed E-state index contributed by atoms with van der Waals surface area (Å²) in [5.74, 6) is 1.97. The smallest absolute Gasteiger partial charge is 0.240 e. The van der Waals surface area contributed by atoms with Crippen molar-refractivity contribution in [1.29, 1.82) is 0 Å².